The molecule has 0 saturated heterocycles. The zero-order valence-electron chi connectivity index (χ0n) is 10.5. The average molecular weight is 254 g/mol. The van der Waals surface area contributed by atoms with Crippen molar-refractivity contribution in [1.29, 1.82) is 0 Å². The monoisotopic (exact) mass is 253 g/mol. The van der Waals surface area contributed by atoms with Crippen molar-refractivity contribution < 1.29 is 4.74 Å². The SMILES string of the molecule is COc1ccc(Cl)cc1C1(N)CCCCC1C. The molecule has 1 saturated carbocycles. The van der Waals surface area contributed by atoms with E-state index in [1.54, 1.807) is 7.11 Å². The Labute approximate surface area is 108 Å². The number of benzene rings is 1. The second-order valence-corrected chi connectivity index (χ2v) is 5.47. The molecule has 2 unspecified atom stereocenters. The number of ether oxygens (including phenoxy) is 1. The number of nitrogens with two attached hydrogens (primary N) is 1. The molecule has 0 spiro atoms. The fourth-order valence-electron chi connectivity index (χ4n) is 2.82. The van der Waals surface area contributed by atoms with Gasteiger partial charge in [-0.3, -0.25) is 0 Å². The highest BCUT2D eigenvalue weighted by Crippen LogP contribution is 2.43. The Morgan fingerprint density at radius 2 is 2.18 bits per heavy atom. The van der Waals surface area contributed by atoms with Crippen molar-refractivity contribution in [2.45, 2.75) is 38.1 Å². The molecule has 0 aliphatic heterocycles. The lowest BCUT2D eigenvalue weighted by Gasteiger charge is -2.40. The van der Waals surface area contributed by atoms with Gasteiger partial charge in [0, 0.05) is 16.1 Å². The van der Waals surface area contributed by atoms with Gasteiger partial charge in [0.1, 0.15) is 5.75 Å². The van der Waals surface area contributed by atoms with Gasteiger partial charge < -0.3 is 10.5 Å². The fourth-order valence-corrected chi connectivity index (χ4v) is 2.99. The molecule has 1 aromatic carbocycles. The van der Waals surface area contributed by atoms with Crippen LogP contribution in [0.2, 0.25) is 5.02 Å². The number of hydrogen-bond donors (Lipinski definition) is 1. The van der Waals surface area contributed by atoms with Crippen LogP contribution in [0.3, 0.4) is 0 Å². The van der Waals surface area contributed by atoms with E-state index >= 15 is 0 Å². The Kier molecular flexibility index (Phi) is 3.64. The van der Waals surface area contributed by atoms with E-state index in [0.717, 1.165) is 22.8 Å². The molecule has 94 valence electrons. The van der Waals surface area contributed by atoms with E-state index in [4.69, 9.17) is 22.1 Å². The molecule has 1 aliphatic rings. The summed E-state index contributed by atoms with van der Waals surface area (Å²) in [7, 11) is 1.68. The van der Waals surface area contributed by atoms with Crippen LogP contribution in [0.15, 0.2) is 18.2 Å². The smallest absolute Gasteiger partial charge is 0.124 e. The number of methoxy groups -OCH3 is 1. The summed E-state index contributed by atoms with van der Waals surface area (Å²) in [5, 5.41) is 0.725. The lowest BCUT2D eigenvalue weighted by Crippen LogP contribution is -2.45. The predicted octanol–water partition coefficient (Wildman–Crippen LogP) is 3.71. The summed E-state index contributed by atoms with van der Waals surface area (Å²) in [6, 6.07) is 5.72. The second-order valence-electron chi connectivity index (χ2n) is 5.03. The standard InChI is InChI=1S/C14H20ClNO/c1-10-5-3-4-8-14(10,16)12-9-11(15)6-7-13(12)17-2/h6-7,9-10H,3-5,8,16H2,1-2H3. The largest absolute Gasteiger partial charge is 0.496 e. The summed E-state index contributed by atoms with van der Waals surface area (Å²) < 4.78 is 5.43. The lowest BCUT2D eigenvalue weighted by atomic mass is 9.70. The van der Waals surface area contributed by atoms with Crippen LogP contribution >= 0.6 is 11.6 Å². The van der Waals surface area contributed by atoms with E-state index in [-0.39, 0.29) is 5.54 Å². The van der Waals surface area contributed by atoms with E-state index in [2.05, 4.69) is 6.92 Å². The van der Waals surface area contributed by atoms with E-state index in [9.17, 15) is 0 Å². The van der Waals surface area contributed by atoms with Gasteiger partial charge in [0.05, 0.1) is 7.11 Å². The maximum absolute atomic E-state index is 6.63. The lowest BCUT2D eigenvalue weighted by molar-refractivity contribution is 0.201. The second kappa shape index (κ2) is 4.87. The van der Waals surface area contributed by atoms with Crippen molar-refractivity contribution >= 4 is 11.6 Å². The molecule has 1 aromatic rings. The normalized spacial score (nSPS) is 29.1. The Bertz CT molecular complexity index is 407. The first-order chi connectivity index (χ1) is 8.08. The Hall–Kier alpha value is -0.730. The summed E-state index contributed by atoms with van der Waals surface area (Å²) in [6.45, 7) is 2.22. The van der Waals surface area contributed by atoms with E-state index in [1.807, 2.05) is 18.2 Å². The number of halogens is 1. The van der Waals surface area contributed by atoms with Crippen LogP contribution in [0.1, 0.15) is 38.2 Å². The number of rotatable bonds is 2. The van der Waals surface area contributed by atoms with Gasteiger partial charge in [0.2, 0.25) is 0 Å². The Morgan fingerprint density at radius 1 is 1.41 bits per heavy atom. The summed E-state index contributed by atoms with van der Waals surface area (Å²) in [4.78, 5) is 0. The molecule has 2 rings (SSSR count). The highest BCUT2D eigenvalue weighted by molar-refractivity contribution is 6.30. The third-order valence-electron chi connectivity index (χ3n) is 4.02. The fraction of sp³-hybridized carbons (Fsp3) is 0.571. The van der Waals surface area contributed by atoms with Gasteiger partial charge in [-0.25, -0.2) is 0 Å². The first kappa shape index (κ1) is 12.7. The van der Waals surface area contributed by atoms with Crippen molar-refractivity contribution in [3.63, 3.8) is 0 Å². The van der Waals surface area contributed by atoms with E-state index < -0.39 is 0 Å². The zero-order valence-corrected chi connectivity index (χ0v) is 11.3. The molecule has 1 fully saturated rings. The minimum Gasteiger partial charge on any atom is -0.496 e. The maximum atomic E-state index is 6.63. The van der Waals surface area contributed by atoms with Gasteiger partial charge in [-0.05, 0) is 37.0 Å². The molecule has 17 heavy (non-hydrogen) atoms. The molecule has 0 radical (unpaired) electrons. The van der Waals surface area contributed by atoms with Crippen LogP contribution in [0, 0.1) is 5.92 Å². The molecule has 1 aliphatic carbocycles. The minimum atomic E-state index is -0.297. The quantitative estimate of drug-likeness (QED) is 0.872. The van der Waals surface area contributed by atoms with Crippen LogP contribution < -0.4 is 10.5 Å². The molecule has 0 heterocycles. The topological polar surface area (TPSA) is 35.2 Å². The van der Waals surface area contributed by atoms with Crippen LogP contribution in [-0.2, 0) is 5.54 Å². The van der Waals surface area contributed by atoms with Crippen molar-refractivity contribution in [3.8, 4) is 5.75 Å². The molecule has 2 atom stereocenters. The van der Waals surface area contributed by atoms with Gasteiger partial charge in [-0.2, -0.15) is 0 Å². The van der Waals surface area contributed by atoms with Crippen LogP contribution in [-0.4, -0.2) is 7.11 Å². The zero-order chi connectivity index (χ0) is 12.5. The first-order valence-electron chi connectivity index (χ1n) is 6.21. The molecule has 2 N–H and O–H groups in total. The van der Waals surface area contributed by atoms with Crippen LogP contribution in [0.5, 0.6) is 5.75 Å². The molecule has 0 amide bonds. The summed E-state index contributed by atoms with van der Waals surface area (Å²) in [6.07, 6.45) is 4.62. The Balaban J connectivity index is 2.46. The van der Waals surface area contributed by atoms with Gasteiger partial charge in [0.25, 0.3) is 0 Å². The first-order valence-corrected chi connectivity index (χ1v) is 6.58. The summed E-state index contributed by atoms with van der Waals surface area (Å²) in [5.74, 6) is 1.31. The maximum Gasteiger partial charge on any atom is 0.124 e. The predicted molar refractivity (Wildman–Crippen MR) is 71.5 cm³/mol. The van der Waals surface area contributed by atoms with Gasteiger partial charge in [-0.15, -0.1) is 0 Å². The van der Waals surface area contributed by atoms with Crippen molar-refractivity contribution in [2.24, 2.45) is 11.7 Å². The molecular formula is C14H20ClNO. The minimum absolute atomic E-state index is 0.297. The molecule has 0 bridgehead atoms. The summed E-state index contributed by atoms with van der Waals surface area (Å²) in [5.41, 5.74) is 7.39. The van der Waals surface area contributed by atoms with Gasteiger partial charge in [-0.1, -0.05) is 31.4 Å². The van der Waals surface area contributed by atoms with Gasteiger partial charge >= 0.3 is 0 Å². The third-order valence-corrected chi connectivity index (χ3v) is 4.26. The third kappa shape index (κ3) is 2.29. The summed E-state index contributed by atoms with van der Waals surface area (Å²) >= 11 is 6.09. The van der Waals surface area contributed by atoms with Crippen molar-refractivity contribution in [1.82, 2.24) is 0 Å². The molecular weight excluding hydrogens is 234 g/mol. The van der Waals surface area contributed by atoms with Crippen LogP contribution in [0.4, 0.5) is 0 Å². The van der Waals surface area contributed by atoms with Crippen LogP contribution in [0.25, 0.3) is 0 Å². The van der Waals surface area contributed by atoms with Crippen molar-refractivity contribution in [3.05, 3.63) is 28.8 Å². The molecule has 0 aromatic heterocycles. The van der Waals surface area contributed by atoms with E-state index in [0.29, 0.717) is 5.92 Å². The van der Waals surface area contributed by atoms with Gasteiger partial charge in [0.15, 0.2) is 0 Å². The highest BCUT2D eigenvalue weighted by Gasteiger charge is 2.38. The molecule has 3 heteroatoms. The average Bonchev–Trinajstić information content (AvgIpc) is 2.33. The number of hydrogen-bond acceptors (Lipinski definition) is 2. The van der Waals surface area contributed by atoms with E-state index in [1.165, 1.54) is 19.3 Å². The van der Waals surface area contributed by atoms with Crippen molar-refractivity contribution in [2.75, 3.05) is 7.11 Å². The molecule has 2 nitrogen and oxygen atoms in total. The highest BCUT2D eigenvalue weighted by atomic mass is 35.5. The Morgan fingerprint density at radius 3 is 2.82 bits per heavy atom.